The summed E-state index contributed by atoms with van der Waals surface area (Å²) < 4.78 is 5.24. The van der Waals surface area contributed by atoms with Gasteiger partial charge in [-0.2, -0.15) is 0 Å². The largest absolute Gasteiger partial charge is 0.356 e. The van der Waals surface area contributed by atoms with Gasteiger partial charge in [0.25, 0.3) is 0 Å². The van der Waals surface area contributed by atoms with E-state index in [1.807, 2.05) is 66.7 Å². The van der Waals surface area contributed by atoms with Crippen molar-refractivity contribution in [3.63, 3.8) is 0 Å². The second-order valence-electron chi connectivity index (χ2n) is 5.38. The Bertz CT molecular complexity index is 999. The standard InChI is InChI=1S/C19H14N2O2/c22-19(12-17-15-9-3-4-11-18(15)23-21-17)20-16-10-5-7-13-6-1-2-8-14(13)16/h1-11H,12H2,(H,20,22). The summed E-state index contributed by atoms with van der Waals surface area (Å²) >= 11 is 0. The minimum atomic E-state index is -0.111. The molecular formula is C19H14N2O2. The number of carbonyl (C=O) groups excluding carboxylic acids is 1. The Kier molecular flexibility index (Phi) is 3.27. The maximum Gasteiger partial charge on any atom is 0.230 e. The number of amides is 1. The quantitative estimate of drug-likeness (QED) is 0.618. The van der Waals surface area contributed by atoms with Crippen molar-refractivity contribution in [2.75, 3.05) is 5.32 Å². The Morgan fingerprint density at radius 3 is 2.57 bits per heavy atom. The topological polar surface area (TPSA) is 55.1 Å². The summed E-state index contributed by atoms with van der Waals surface area (Å²) in [5.41, 5.74) is 2.15. The van der Waals surface area contributed by atoms with Gasteiger partial charge in [-0.05, 0) is 23.6 Å². The van der Waals surface area contributed by atoms with Crippen molar-refractivity contribution >= 4 is 33.3 Å². The van der Waals surface area contributed by atoms with Gasteiger partial charge < -0.3 is 9.84 Å². The number of benzene rings is 3. The van der Waals surface area contributed by atoms with Crippen molar-refractivity contribution in [3.8, 4) is 0 Å². The number of nitrogens with zero attached hydrogens (tertiary/aromatic N) is 1. The first kappa shape index (κ1) is 13.5. The van der Waals surface area contributed by atoms with Crippen LogP contribution in [0.2, 0.25) is 0 Å². The van der Waals surface area contributed by atoms with Gasteiger partial charge in [0.05, 0.1) is 6.42 Å². The number of aromatic nitrogens is 1. The molecule has 0 fully saturated rings. The van der Waals surface area contributed by atoms with E-state index < -0.39 is 0 Å². The van der Waals surface area contributed by atoms with E-state index in [0.29, 0.717) is 11.3 Å². The SMILES string of the molecule is O=C(Cc1noc2ccccc12)Nc1cccc2ccccc12. The molecule has 112 valence electrons. The minimum absolute atomic E-state index is 0.111. The summed E-state index contributed by atoms with van der Waals surface area (Å²) in [7, 11) is 0. The Morgan fingerprint density at radius 1 is 0.913 bits per heavy atom. The van der Waals surface area contributed by atoms with Crippen LogP contribution in [0.4, 0.5) is 5.69 Å². The first-order valence-corrected chi connectivity index (χ1v) is 7.42. The number of fused-ring (bicyclic) bond motifs is 2. The summed E-state index contributed by atoms with van der Waals surface area (Å²) in [4.78, 5) is 12.4. The maximum atomic E-state index is 12.4. The monoisotopic (exact) mass is 302 g/mol. The van der Waals surface area contributed by atoms with Gasteiger partial charge in [0.1, 0.15) is 5.69 Å². The molecule has 0 bridgehead atoms. The molecule has 4 rings (SSSR count). The number of hydrogen-bond donors (Lipinski definition) is 1. The van der Waals surface area contributed by atoms with Crippen LogP contribution in [0, 0.1) is 0 Å². The molecule has 0 aliphatic rings. The van der Waals surface area contributed by atoms with Crippen LogP contribution < -0.4 is 5.32 Å². The molecule has 4 nitrogen and oxygen atoms in total. The molecule has 0 aliphatic carbocycles. The van der Waals surface area contributed by atoms with E-state index in [-0.39, 0.29) is 12.3 Å². The molecule has 0 unspecified atom stereocenters. The smallest absolute Gasteiger partial charge is 0.230 e. The number of nitrogens with one attached hydrogen (secondary N) is 1. The highest BCUT2D eigenvalue weighted by atomic mass is 16.5. The number of carbonyl (C=O) groups is 1. The van der Waals surface area contributed by atoms with Crippen LogP contribution in [-0.4, -0.2) is 11.1 Å². The summed E-state index contributed by atoms with van der Waals surface area (Å²) in [6.07, 6.45) is 0.181. The van der Waals surface area contributed by atoms with E-state index in [0.717, 1.165) is 21.8 Å². The van der Waals surface area contributed by atoms with Crippen LogP contribution in [0.3, 0.4) is 0 Å². The highest BCUT2D eigenvalue weighted by molar-refractivity contribution is 6.03. The Balaban J connectivity index is 1.60. The number of anilines is 1. The van der Waals surface area contributed by atoms with Crippen molar-refractivity contribution < 1.29 is 9.32 Å². The minimum Gasteiger partial charge on any atom is -0.356 e. The van der Waals surface area contributed by atoms with Crippen LogP contribution in [0.5, 0.6) is 0 Å². The number of para-hydroxylation sites is 1. The van der Waals surface area contributed by atoms with Crippen molar-refractivity contribution in [2.45, 2.75) is 6.42 Å². The van der Waals surface area contributed by atoms with E-state index in [2.05, 4.69) is 10.5 Å². The van der Waals surface area contributed by atoms with E-state index in [4.69, 9.17) is 4.52 Å². The molecule has 0 aliphatic heterocycles. The third-order valence-corrected chi connectivity index (χ3v) is 3.84. The molecule has 4 aromatic rings. The molecule has 0 radical (unpaired) electrons. The van der Waals surface area contributed by atoms with Crippen LogP contribution in [-0.2, 0) is 11.2 Å². The van der Waals surface area contributed by atoms with E-state index >= 15 is 0 Å². The summed E-state index contributed by atoms with van der Waals surface area (Å²) in [6.45, 7) is 0. The van der Waals surface area contributed by atoms with Crippen LogP contribution in [0.1, 0.15) is 5.69 Å². The van der Waals surface area contributed by atoms with Gasteiger partial charge in [0, 0.05) is 16.5 Å². The highest BCUT2D eigenvalue weighted by Gasteiger charge is 2.13. The molecule has 4 heteroatoms. The van der Waals surface area contributed by atoms with Crippen LogP contribution in [0.25, 0.3) is 21.7 Å². The molecule has 23 heavy (non-hydrogen) atoms. The zero-order valence-corrected chi connectivity index (χ0v) is 12.3. The van der Waals surface area contributed by atoms with Gasteiger partial charge in [-0.1, -0.05) is 53.7 Å². The molecule has 1 amide bonds. The maximum absolute atomic E-state index is 12.4. The molecule has 0 saturated heterocycles. The molecule has 0 saturated carbocycles. The van der Waals surface area contributed by atoms with E-state index in [9.17, 15) is 4.79 Å². The normalized spacial score (nSPS) is 11.0. The van der Waals surface area contributed by atoms with Gasteiger partial charge in [0.2, 0.25) is 5.91 Å². The predicted octanol–water partition coefficient (Wildman–Crippen LogP) is 4.16. The van der Waals surface area contributed by atoms with Gasteiger partial charge in [0.15, 0.2) is 5.58 Å². The van der Waals surface area contributed by atoms with Gasteiger partial charge in [-0.25, -0.2) is 0 Å². The molecular weight excluding hydrogens is 288 g/mol. The fourth-order valence-electron chi connectivity index (χ4n) is 2.75. The second-order valence-corrected chi connectivity index (χ2v) is 5.38. The molecule has 1 aromatic heterocycles. The Morgan fingerprint density at radius 2 is 1.65 bits per heavy atom. The lowest BCUT2D eigenvalue weighted by Gasteiger charge is -2.08. The zero-order valence-electron chi connectivity index (χ0n) is 12.3. The van der Waals surface area contributed by atoms with Crippen LogP contribution >= 0.6 is 0 Å². The average molecular weight is 302 g/mol. The summed E-state index contributed by atoms with van der Waals surface area (Å²) in [6, 6.07) is 21.4. The Hall–Kier alpha value is -3.14. The van der Waals surface area contributed by atoms with E-state index in [1.54, 1.807) is 0 Å². The van der Waals surface area contributed by atoms with E-state index in [1.165, 1.54) is 0 Å². The first-order valence-electron chi connectivity index (χ1n) is 7.42. The molecule has 3 aromatic carbocycles. The molecule has 1 heterocycles. The lowest BCUT2D eigenvalue weighted by Crippen LogP contribution is -2.14. The lowest BCUT2D eigenvalue weighted by molar-refractivity contribution is -0.115. The van der Waals surface area contributed by atoms with Gasteiger partial charge >= 0.3 is 0 Å². The fourth-order valence-corrected chi connectivity index (χ4v) is 2.75. The number of rotatable bonds is 3. The van der Waals surface area contributed by atoms with Gasteiger partial charge in [-0.15, -0.1) is 0 Å². The second kappa shape index (κ2) is 5.57. The fraction of sp³-hybridized carbons (Fsp3) is 0.0526. The lowest BCUT2D eigenvalue weighted by atomic mass is 10.1. The number of hydrogen-bond acceptors (Lipinski definition) is 3. The Labute approximate surface area is 132 Å². The first-order chi connectivity index (χ1) is 11.3. The van der Waals surface area contributed by atoms with Crippen molar-refractivity contribution in [3.05, 3.63) is 72.4 Å². The van der Waals surface area contributed by atoms with Crippen LogP contribution in [0.15, 0.2) is 71.3 Å². The van der Waals surface area contributed by atoms with Crippen molar-refractivity contribution in [1.82, 2.24) is 5.16 Å². The highest BCUT2D eigenvalue weighted by Crippen LogP contribution is 2.24. The third-order valence-electron chi connectivity index (χ3n) is 3.84. The predicted molar refractivity (Wildman–Crippen MR) is 90.3 cm³/mol. The molecule has 0 atom stereocenters. The van der Waals surface area contributed by atoms with Crippen molar-refractivity contribution in [2.24, 2.45) is 0 Å². The summed E-state index contributed by atoms with van der Waals surface area (Å²) in [5.74, 6) is -0.111. The van der Waals surface area contributed by atoms with Crippen molar-refractivity contribution in [1.29, 1.82) is 0 Å². The zero-order chi connectivity index (χ0) is 15.6. The van der Waals surface area contributed by atoms with Gasteiger partial charge in [-0.3, -0.25) is 4.79 Å². The third kappa shape index (κ3) is 2.55. The summed E-state index contributed by atoms with van der Waals surface area (Å²) in [5, 5.41) is 9.96. The average Bonchev–Trinajstić information content (AvgIpc) is 2.98. The molecule has 1 N–H and O–H groups in total. The molecule has 0 spiro atoms.